The molecule has 0 radical (unpaired) electrons. The van der Waals surface area contributed by atoms with Crippen LogP contribution in [0.5, 0.6) is 11.5 Å². The Labute approximate surface area is 255 Å². The van der Waals surface area contributed by atoms with Crippen LogP contribution in [0.3, 0.4) is 0 Å². The number of nitrogens with zero attached hydrogens (tertiary/aromatic N) is 3. The van der Waals surface area contributed by atoms with Gasteiger partial charge in [-0.1, -0.05) is 32.0 Å². The van der Waals surface area contributed by atoms with Crippen molar-refractivity contribution in [3.05, 3.63) is 59.7 Å². The Morgan fingerprint density at radius 3 is 2.48 bits per heavy atom. The molecule has 3 aromatic rings. The molecule has 0 spiro atoms. The summed E-state index contributed by atoms with van der Waals surface area (Å²) in [6.45, 7) is 7.61. The summed E-state index contributed by atoms with van der Waals surface area (Å²) in [5, 5.41) is 20.2. The summed E-state index contributed by atoms with van der Waals surface area (Å²) in [5.41, 5.74) is 1.75. The lowest BCUT2D eigenvalue weighted by Gasteiger charge is -2.32. The van der Waals surface area contributed by atoms with E-state index in [1.807, 2.05) is 11.0 Å². The van der Waals surface area contributed by atoms with E-state index in [0.29, 0.717) is 48.0 Å². The highest BCUT2D eigenvalue weighted by atomic mass is 19.3. The van der Waals surface area contributed by atoms with Crippen molar-refractivity contribution >= 4 is 17.7 Å². The monoisotopic (exact) mass is 611 g/mol. The molecule has 0 saturated carbocycles. The minimum Gasteiger partial charge on any atom is -0.493 e. The predicted molar refractivity (Wildman–Crippen MR) is 162 cm³/mol. The first-order valence-electron chi connectivity index (χ1n) is 14.8. The van der Waals surface area contributed by atoms with E-state index in [9.17, 15) is 18.4 Å². The summed E-state index contributed by atoms with van der Waals surface area (Å²) in [6.07, 6.45) is -1.44. The number of piperazine rings is 1. The van der Waals surface area contributed by atoms with Crippen LogP contribution in [0.25, 0.3) is 11.3 Å². The van der Waals surface area contributed by atoms with Crippen LogP contribution in [-0.4, -0.2) is 78.0 Å². The van der Waals surface area contributed by atoms with Gasteiger partial charge in [-0.15, -0.1) is 0 Å². The summed E-state index contributed by atoms with van der Waals surface area (Å²) in [5.74, 6) is 0.590. The molecule has 236 valence electrons. The highest BCUT2D eigenvalue weighted by molar-refractivity contribution is 5.88. The molecular weight excluding hydrogens is 572 g/mol. The molecule has 2 aliphatic rings. The number of fused-ring (bicyclic) bond motifs is 1. The zero-order valence-electron chi connectivity index (χ0n) is 25.2. The Morgan fingerprint density at radius 1 is 1.09 bits per heavy atom. The molecule has 12 heteroatoms. The third-order valence-corrected chi connectivity index (χ3v) is 8.29. The van der Waals surface area contributed by atoms with Crippen molar-refractivity contribution in [2.75, 3.05) is 45.2 Å². The van der Waals surface area contributed by atoms with Gasteiger partial charge in [0.2, 0.25) is 5.91 Å². The topological polar surface area (TPSA) is 118 Å². The van der Waals surface area contributed by atoms with E-state index in [1.54, 1.807) is 30.3 Å². The standard InChI is InChI=1S/C32H39F2N5O5/c1-32(2,19-29(40)38-13-11-35-12-14-38)10-15-44-26-9-8-22(16-27(26)43-3)23-17-25(30(33)34)39-28(36-23)18-24(37-39)20-4-6-21(7-5-20)31(41)42/h4-9,16,18,23,25,30,35-36H,10-15,17,19H2,1-3H3,(H,41,42). The summed E-state index contributed by atoms with van der Waals surface area (Å²) >= 11 is 0. The summed E-state index contributed by atoms with van der Waals surface area (Å²) in [6, 6.07) is 11.7. The van der Waals surface area contributed by atoms with E-state index in [-0.39, 0.29) is 23.3 Å². The van der Waals surface area contributed by atoms with Gasteiger partial charge in [0.15, 0.2) is 11.5 Å². The number of carbonyl (C=O) groups excluding carboxylic acids is 1. The molecule has 2 aliphatic heterocycles. The number of carboxylic acid groups (broad SMARTS) is 1. The fourth-order valence-corrected chi connectivity index (χ4v) is 5.67. The molecule has 5 rings (SSSR count). The van der Waals surface area contributed by atoms with Crippen molar-refractivity contribution < 1.29 is 33.0 Å². The number of benzene rings is 2. The second-order valence-corrected chi connectivity index (χ2v) is 12.1. The van der Waals surface area contributed by atoms with Gasteiger partial charge in [0, 0.05) is 44.2 Å². The minimum atomic E-state index is -2.65. The highest BCUT2D eigenvalue weighted by Gasteiger charge is 2.35. The quantitative estimate of drug-likeness (QED) is 0.270. The number of carbonyl (C=O) groups is 2. The second kappa shape index (κ2) is 13.2. The smallest absolute Gasteiger partial charge is 0.335 e. The van der Waals surface area contributed by atoms with E-state index in [0.717, 1.165) is 31.7 Å². The Morgan fingerprint density at radius 2 is 1.82 bits per heavy atom. The summed E-state index contributed by atoms with van der Waals surface area (Å²) in [7, 11) is 1.54. The Balaban J connectivity index is 1.26. The molecule has 10 nitrogen and oxygen atoms in total. The van der Waals surface area contributed by atoms with Crippen LogP contribution in [-0.2, 0) is 4.79 Å². The van der Waals surface area contributed by atoms with Gasteiger partial charge in [-0.2, -0.15) is 5.10 Å². The minimum absolute atomic E-state index is 0.0996. The first kappa shape index (κ1) is 31.2. The summed E-state index contributed by atoms with van der Waals surface area (Å²) in [4.78, 5) is 25.8. The van der Waals surface area contributed by atoms with E-state index < -0.39 is 24.5 Å². The van der Waals surface area contributed by atoms with Crippen LogP contribution in [0.1, 0.15) is 61.1 Å². The molecule has 1 fully saturated rings. The average molecular weight is 612 g/mol. The molecule has 1 amide bonds. The number of rotatable bonds is 11. The normalized spacial score (nSPS) is 18.5. The van der Waals surface area contributed by atoms with Gasteiger partial charge in [-0.05, 0) is 48.1 Å². The average Bonchev–Trinajstić information content (AvgIpc) is 3.45. The van der Waals surface area contributed by atoms with Gasteiger partial charge in [-0.3, -0.25) is 4.79 Å². The number of methoxy groups -OCH3 is 1. The van der Waals surface area contributed by atoms with Crippen molar-refractivity contribution in [3.63, 3.8) is 0 Å². The van der Waals surface area contributed by atoms with Gasteiger partial charge < -0.3 is 30.1 Å². The van der Waals surface area contributed by atoms with E-state index in [2.05, 4.69) is 29.6 Å². The van der Waals surface area contributed by atoms with Crippen LogP contribution in [0, 0.1) is 5.41 Å². The molecule has 3 N–H and O–H groups in total. The lowest BCUT2D eigenvalue weighted by atomic mass is 9.85. The Kier molecular flexibility index (Phi) is 9.38. The third-order valence-electron chi connectivity index (χ3n) is 8.29. The number of hydrogen-bond donors (Lipinski definition) is 3. The number of ether oxygens (including phenoxy) is 2. The van der Waals surface area contributed by atoms with Gasteiger partial charge in [0.1, 0.15) is 11.9 Å². The Hall–Kier alpha value is -4.19. The highest BCUT2D eigenvalue weighted by Crippen LogP contribution is 2.41. The van der Waals surface area contributed by atoms with Crippen molar-refractivity contribution in [2.45, 2.75) is 51.6 Å². The van der Waals surface area contributed by atoms with Crippen molar-refractivity contribution in [3.8, 4) is 22.8 Å². The van der Waals surface area contributed by atoms with Gasteiger partial charge in [0.05, 0.1) is 31.0 Å². The number of aromatic carboxylic acids is 1. The van der Waals surface area contributed by atoms with E-state index in [1.165, 1.54) is 23.9 Å². The van der Waals surface area contributed by atoms with Crippen molar-refractivity contribution in [2.24, 2.45) is 5.41 Å². The number of alkyl halides is 2. The number of halogens is 2. The maximum atomic E-state index is 14.2. The van der Waals surface area contributed by atoms with Crippen LogP contribution in [0.15, 0.2) is 48.5 Å². The van der Waals surface area contributed by atoms with Crippen LogP contribution >= 0.6 is 0 Å². The molecule has 2 atom stereocenters. The lowest BCUT2D eigenvalue weighted by molar-refractivity contribution is -0.134. The van der Waals surface area contributed by atoms with Crippen LogP contribution < -0.4 is 20.1 Å². The SMILES string of the molecule is COc1cc(C2CC(C(F)F)n3nc(-c4ccc(C(=O)O)cc4)cc3N2)ccc1OCCC(C)(C)CC(=O)N1CCNCC1. The first-order chi connectivity index (χ1) is 21.0. The number of anilines is 1. The van der Waals surface area contributed by atoms with E-state index >= 15 is 0 Å². The zero-order valence-corrected chi connectivity index (χ0v) is 25.2. The fraction of sp³-hybridized carbons (Fsp3) is 0.469. The molecule has 1 saturated heterocycles. The molecule has 2 aromatic carbocycles. The van der Waals surface area contributed by atoms with Crippen molar-refractivity contribution in [1.29, 1.82) is 0 Å². The molecule has 0 aliphatic carbocycles. The number of amides is 1. The molecule has 2 unspecified atom stereocenters. The van der Waals surface area contributed by atoms with Crippen LogP contribution in [0.2, 0.25) is 0 Å². The van der Waals surface area contributed by atoms with Gasteiger partial charge >= 0.3 is 5.97 Å². The molecule has 3 heterocycles. The lowest BCUT2D eigenvalue weighted by Crippen LogP contribution is -2.47. The van der Waals surface area contributed by atoms with Crippen LogP contribution in [0.4, 0.5) is 14.6 Å². The molecule has 44 heavy (non-hydrogen) atoms. The molecule has 0 bridgehead atoms. The van der Waals surface area contributed by atoms with E-state index in [4.69, 9.17) is 14.6 Å². The van der Waals surface area contributed by atoms with Crippen molar-refractivity contribution in [1.82, 2.24) is 20.0 Å². The second-order valence-electron chi connectivity index (χ2n) is 12.1. The fourth-order valence-electron chi connectivity index (χ4n) is 5.67. The molecule has 1 aromatic heterocycles. The Bertz CT molecular complexity index is 1470. The maximum Gasteiger partial charge on any atom is 0.335 e. The number of aromatic nitrogens is 2. The zero-order chi connectivity index (χ0) is 31.4. The first-order valence-corrected chi connectivity index (χ1v) is 14.8. The number of hydrogen-bond acceptors (Lipinski definition) is 7. The van der Waals surface area contributed by atoms with Gasteiger partial charge in [0.25, 0.3) is 6.43 Å². The maximum absolute atomic E-state index is 14.2. The predicted octanol–water partition coefficient (Wildman–Crippen LogP) is 5.24. The summed E-state index contributed by atoms with van der Waals surface area (Å²) < 4.78 is 41.5. The van der Waals surface area contributed by atoms with Gasteiger partial charge in [-0.25, -0.2) is 18.3 Å². The number of nitrogens with one attached hydrogen (secondary N) is 2. The largest absolute Gasteiger partial charge is 0.493 e. The third kappa shape index (κ3) is 7.12. The number of carboxylic acids is 1. The molecular formula is C32H39F2N5O5.